The summed E-state index contributed by atoms with van der Waals surface area (Å²) in [6.45, 7) is 9.85. The van der Waals surface area contributed by atoms with E-state index in [0.717, 1.165) is 51.5 Å². The number of rotatable bonds is 6. The van der Waals surface area contributed by atoms with Gasteiger partial charge in [0.2, 0.25) is 5.90 Å². The van der Waals surface area contributed by atoms with Crippen LogP contribution in [0.25, 0.3) is 0 Å². The van der Waals surface area contributed by atoms with E-state index >= 15 is 0 Å². The molecule has 2 aliphatic rings. The first-order chi connectivity index (χ1) is 9.72. The van der Waals surface area contributed by atoms with Crippen molar-refractivity contribution in [3.63, 3.8) is 0 Å². The molecule has 3 unspecified atom stereocenters. The minimum atomic E-state index is 0.0919. The Balaban J connectivity index is 1.85. The molecule has 6 heteroatoms. The highest BCUT2D eigenvalue weighted by molar-refractivity contribution is 7.81. The Morgan fingerprint density at radius 1 is 1.40 bits per heavy atom. The molecule has 20 heavy (non-hydrogen) atoms. The summed E-state index contributed by atoms with van der Waals surface area (Å²) in [6, 6.07) is 0. The van der Waals surface area contributed by atoms with Crippen molar-refractivity contribution in [2.24, 2.45) is 11.1 Å². The van der Waals surface area contributed by atoms with Gasteiger partial charge in [0.25, 0.3) is 0 Å². The monoisotopic (exact) mass is 301 g/mol. The molecule has 0 aliphatic carbocycles. The number of ether oxygens (including phenoxy) is 1. The first-order valence-electron chi connectivity index (χ1n) is 7.70. The van der Waals surface area contributed by atoms with Gasteiger partial charge in [0.05, 0.1) is 5.92 Å². The van der Waals surface area contributed by atoms with E-state index in [2.05, 4.69) is 41.8 Å². The van der Waals surface area contributed by atoms with Crippen molar-refractivity contribution in [1.82, 2.24) is 10.2 Å². The molecular formula is C14H27N3O2S. The standard InChI is InChI=1S/C14H27N3O2S/c1-3-5-17(4-2)9-12-10-18-16-14(19-12)11-6-13(20)8-15-7-11/h11-13,15,20H,3-10H2,1-2H3. The molecule has 0 radical (unpaired) electrons. The van der Waals surface area contributed by atoms with Crippen molar-refractivity contribution in [1.29, 1.82) is 0 Å². The fraction of sp³-hybridized carbons (Fsp3) is 0.929. The Kier molecular flexibility index (Phi) is 6.45. The fourth-order valence-electron chi connectivity index (χ4n) is 2.76. The number of nitrogens with one attached hydrogen (secondary N) is 1. The van der Waals surface area contributed by atoms with Gasteiger partial charge < -0.3 is 14.9 Å². The van der Waals surface area contributed by atoms with Gasteiger partial charge in [-0.05, 0) is 25.9 Å². The third-order valence-corrected chi connectivity index (χ3v) is 4.22. The third-order valence-electron chi connectivity index (χ3n) is 3.83. The molecule has 0 bridgehead atoms. The number of piperidine rings is 1. The van der Waals surface area contributed by atoms with Crippen molar-refractivity contribution in [2.75, 3.05) is 39.3 Å². The molecule has 1 fully saturated rings. The summed E-state index contributed by atoms with van der Waals surface area (Å²) in [5, 5.41) is 7.85. The molecule has 0 spiro atoms. The van der Waals surface area contributed by atoms with Crippen molar-refractivity contribution >= 4 is 18.5 Å². The number of hydrogen-bond acceptors (Lipinski definition) is 6. The Labute approximate surface area is 127 Å². The topological polar surface area (TPSA) is 46.1 Å². The lowest BCUT2D eigenvalue weighted by Gasteiger charge is -2.33. The Bertz CT molecular complexity index is 328. The molecule has 2 rings (SSSR count). The Morgan fingerprint density at radius 2 is 2.25 bits per heavy atom. The van der Waals surface area contributed by atoms with Crippen molar-refractivity contribution in [3.8, 4) is 0 Å². The average Bonchev–Trinajstić information content (AvgIpc) is 2.47. The molecule has 0 aromatic rings. The van der Waals surface area contributed by atoms with Crippen molar-refractivity contribution in [3.05, 3.63) is 0 Å². The van der Waals surface area contributed by atoms with Gasteiger partial charge in [-0.15, -0.1) is 0 Å². The molecule has 5 nitrogen and oxygen atoms in total. The number of likely N-dealkylation sites (N-methyl/N-ethyl adjacent to an activating group) is 1. The molecular weight excluding hydrogens is 274 g/mol. The lowest BCUT2D eigenvalue weighted by atomic mass is 9.99. The summed E-state index contributed by atoms with van der Waals surface area (Å²) in [7, 11) is 0. The van der Waals surface area contributed by atoms with Gasteiger partial charge in [-0.3, -0.25) is 4.90 Å². The van der Waals surface area contributed by atoms with Crippen LogP contribution in [0.15, 0.2) is 5.16 Å². The lowest BCUT2D eigenvalue weighted by Crippen LogP contribution is -2.46. The van der Waals surface area contributed by atoms with Gasteiger partial charge in [-0.2, -0.15) is 12.6 Å². The maximum Gasteiger partial charge on any atom is 0.230 e. The second-order valence-electron chi connectivity index (χ2n) is 5.60. The first-order valence-corrected chi connectivity index (χ1v) is 8.22. The molecule has 1 N–H and O–H groups in total. The normalized spacial score (nSPS) is 30.6. The molecule has 3 atom stereocenters. The summed E-state index contributed by atoms with van der Waals surface area (Å²) >= 11 is 4.54. The molecule has 0 saturated carbocycles. The summed E-state index contributed by atoms with van der Waals surface area (Å²) in [5.74, 6) is 1.04. The summed E-state index contributed by atoms with van der Waals surface area (Å²) in [4.78, 5) is 7.79. The number of nitrogens with zero attached hydrogens (tertiary/aromatic N) is 2. The zero-order chi connectivity index (χ0) is 14.4. The number of hydrogen-bond donors (Lipinski definition) is 2. The second kappa shape index (κ2) is 8.10. The summed E-state index contributed by atoms with van der Waals surface area (Å²) in [6.07, 6.45) is 2.25. The molecule has 116 valence electrons. The second-order valence-corrected chi connectivity index (χ2v) is 6.33. The molecule has 0 amide bonds. The van der Waals surface area contributed by atoms with Crippen LogP contribution in [0.5, 0.6) is 0 Å². The van der Waals surface area contributed by atoms with Gasteiger partial charge in [0.15, 0.2) is 6.61 Å². The van der Waals surface area contributed by atoms with E-state index in [9.17, 15) is 0 Å². The van der Waals surface area contributed by atoms with Gasteiger partial charge in [0, 0.05) is 24.9 Å². The minimum absolute atomic E-state index is 0.0919. The zero-order valence-electron chi connectivity index (χ0n) is 12.5. The first kappa shape index (κ1) is 15.9. The van der Waals surface area contributed by atoms with E-state index in [1.54, 1.807) is 0 Å². The minimum Gasteiger partial charge on any atom is -0.470 e. The zero-order valence-corrected chi connectivity index (χ0v) is 13.4. The molecule has 0 aromatic carbocycles. The van der Waals surface area contributed by atoms with Crippen LogP contribution >= 0.6 is 12.6 Å². The van der Waals surface area contributed by atoms with E-state index in [1.165, 1.54) is 0 Å². The highest BCUT2D eigenvalue weighted by Gasteiger charge is 2.30. The van der Waals surface area contributed by atoms with Crippen LogP contribution in [0, 0.1) is 5.92 Å². The Hall–Kier alpha value is -0.460. The highest BCUT2D eigenvalue weighted by atomic mass is 32.1. The van der Waals surface area contributed by atoms with Crippen LogP contribution < -0.4 is 5.32 Å². The van der Waals surface area contributed by atoms with Gasteiger partial charge in [-0.1, -0.05) is 19.0 Å². The van der Waals surface area contributed by atoms with Crippen LogP contribution in [-0.4, -0.2) is 61.5 Å². The average molecular weight is 301 g/mol. The van der Waals surface area contributed by atoms with E-state index < -0.39 is 0 Å². The van der Waals surface area contributed by atoms with E-state index in [-0.39, 0.29) is 12.0 Å². The van der Waals surface area contributed by atoms with Gasteiger partial charge >= 0.3 is 0 Å². The Morgan fingerprint density at radius 3 is 2.95 bits per heavy atom. The molecule has 2 heterocycles. The highest BCUT2D eigenvalue weighted by Crippen LogP contribution is 2.20. The molecule has 0 aromatic heterocycles. The maximum absolute atomic E-state index is 6.06. The van der Waals surface area contributed by atoms with Crippen molar-refractivity contribution < 1.29 is 9.57 Å². The van der Waals surface area contributed by atoms with E-state index in [4.69, 9.17) is 9.57 Å². The van der Waals surface area contributed by atoms with E-state index in [0.29, 0.717) is 11.9 Å². The SMILES string of the molecule is CCCN(CC)CC1CON=C(C2CNCC(S)C2)O1. The fourth-order valence-corrected chi connectivity index (χ4v) is 3.14. The van der Waals surface area contributed by atoms with Crippen molar-refractivity contribution in [2.45, 2.75) is 38.0 Å². The largest absolute Gasteiger partial charge is 0.470 e. The third kappa shape index (κ3) is 4.53. The number of oxime groups is 1. The molecule has 1 saturated heterocycles. The lowest BCUT2D eigenvalue weighted by molar-refractivity contribution is -0.0132. The maximum atomic E-state index is 6.06. The predicted octanol–water partition coefficient (Wildman–Crippen LogP) is 1.36. The van der Waals surface area contributed by atoms with E-state index in [1.807, 2.05) is 0 Å². The van der Waals surface area contributed by atoms with Gasteiger partial charge in [0.1, 0.15) is 6.10 Å². The van der Waals surface area contributed by atoms with Gasteiger partial charge in [-0.25, -0.2) is 0 Å². The van der Waals surface area contributed by atoms with Crippen LogP contribution in [0.2, 0.25) is 0 Å². The van der Waals surface area contributed by atoms with Crippen LogP contribution in [0.4, 0.5) is 0 Å². The smallest absolute Gasteiger partial charge is 0.230 e. The van der Waals surface area contributed by atoms with Crippen LogP contribution in [0.1, 0.15) is 26.7 Å². The quantitative estimate of drug-likeness (QED) is 0.727. The van der Waals surface area contributed by atoms with Crippen LogP contribution in [0.3, 0.4) is 0 Å². The molecule has 2 aliphatic heterocycles. The predicted molar refractivity (Wildman–Crippen MR) is 84.4 cm³/mol. The summed E-state index contributed by atoms with van der Waals surface area (Å²) < 4.78 is 6.06. The number of thiol groups is 1. The van der Waals surface area contributed by atoms with Crippen LogP contribution in [-0.2, 0) is 9.57 Å². The summed E-state index contributed by atoms with van der Waals surface area (Å²) in [5.41, 5.74) is 0.